The Morgan fingerprint density at radius 2 is 1.87 bits per heavy atom. The number of aromatic nitrogens is 1. The van der Waals surface area contributed by atoms with E-state index < -0.39 is 0 Å². The Morgan fingerprint density at radius 1 is 1.07 bits per heavy atom. The van der Waals surface area contributed by atoms with Crippen LogP contribution in [0, 0.1) is 0 Å². The van der Waals surface area contributed by atoms with Gasteiger partial charge >= 0.3 is 5.63 Å². The topological polar surface area (TPSA) is 64.8 Å². The van der Waals surface area contributed by atoms with Gasteiger partial charge in [0.1, 0.15) is 23.8 Å². The van der Waals surface area contributed by atoms with Crippen LogP contribution in [0.25, 0.3) is 22.1 Å². The average Bonchev–Trinajstić information content (AvgIpc) is 2.79. The second kappa shape index (κ2) is 7.65. The highest BCUT2D eigenvalue weighted by Gasteiger charge is 2.22. The standard InChI is InChI=1S/C24H20N2O4/c1-28-19-5-2-17(3-6-19)20-12-18-4-7-22-21(23(18)30-24(20)27)14-26(15-29-22)13-16-8-10-25-11-9-16/h2-12H,13-15H2,1H3. The first-order chi connectivity index (χ1) is 14.7. The maximum atomic E-state index is 12.8. The van der Waals surface area contributed by atoms with Crippen LogP contribution in [-0.4, -0.2) is 23.7 Å². The largest absolute Gasteiger partial charge is 0.497 e. The van der Waals surface area contributed by atoms with Gasteiger partial charge in [-0.1, -0.05) is 12.1 Å². The Kier molecular flexibility index (Phi) is 4.69. The van der Waals surface area contributed by atoms with Crippen molar-refractivity contribution in [2.45, 2.75) is 13.1 Å². The lowest BCUT2D eigenvalue weighted by atomic mass is 10.0. The zero-order valence-corrected chi connectivity index (χ0v) is 16.5. The molecule has 1 aliphatic heterocycles. The normalized spacial score (nSPS) is 13.6. The fourth-order valence-electron chi connectivity index (χ4n) is 3.76. The third kappa shape index (κ3) is 3.42. The third-order valence-corrected chi connectivity index (χ3v) is 5.30. The maximum absolute atomic E-state index is 12.8. The average molecular weight is 400 g/mol. The van der Waals surface area contributed by atoms with E-state index in [1.807, 2.05) is 54.6 Å². The van der Waals surface area contributed by atoms with Gasteiger partial charge in [0.15, 0.2) is 0 Å². The number of ether oxygens (including phenoxy) is 2. The summed E-state index contributed by atoms with van der Waals surface area (Å²) in [7, 11) is 1.61. The van der Waals surface area contributed by atoms with E-state index in [2.05, 4.69) is 9.88 Å². The van der Waals surface area contributed by atoms with Crippen LogP contribution in [0.4, 0.5) is 0 Å². The molecule has 0 N–H and O–H groups in total. The number of fused-ring (bicyclic) bond motifs is 3. The Labute approximate surface area is 173 Å². The van der Waals surface area contributed by atoms with Crippen molar-refractivity contribution in [2.24, 2.45) is 0 Å². The molecule has 0 bridgehead atoms. The van der Waals surface area contributed by atoms with Crippen LogP contribution in [0.15, 0.2) is 76.2 Å². The van der Waals surface area contributed by atoms with Crippen molar-refractivity contribution >= 4 is 11.0 Å². The third-order valence-electron chi connectivity index (χ3n) is 5.30. The van der Waals surface area contributed by atoms with Gasteiger partial charge in [0, 0.05) is 30.9 Å². The summed E-state index contributed by atoms with van der Waals surface area (Å²) in [5.41, 5.74) is 3.57. The van der Waals surface area contributed by atoms with Crippen LogP contribution >= 0.6 is 0 Å². The molecular formula is C24H20N2O4. The van der Waals surface area contributed by atoms with Crippen molar-refractivity contribution in [1.82, 2.24) is 9.88 Å². The van der Waals surface area contributed by atoms with Crippen LogP contribution in [0.1, 0.15) is 11.1 Å². The lowest BCUT2D eigenvalue weighted by Crippen LogP contribution is -2.31. The molecule has 6 nitrogen and oxygen atoms in total. The summed E-state index contributed by atoms with van der Waals surface area (Å²) < 4.78 is 16.9. The Bertz CT molecular complexity index is 1250. The second-order valence-corrected chi connectivity index (χ2v) is 7.25. The molecule has 0 amide bonds. The summed E-state index contributed by atoms with van der Waals surface area (Å²) in [5, 5.41) is 0.869. The molecule has 0 fully saturated rings. The number of hydrogen-bond donors (Lipinski definition) is 0. The van der Waals surface area contributed by atoms with Gasteiger partial charge in [-0.25, -0.2) is 4.79 Å². The first-order valence-electron chi connectivity index (χ1n) is 9.69. The summed E-state index contributed by atoms with van der Waals surface area (Å²) in [6.45, 7) is 1.85. The van der Waals surface area contributed by atoms with E-state index in [0.29, 0.717) is 24.4 Å². The predicted octanol–water partition coefficient (Wildman–Crippen LogP) is 4.22. The summed E-state index contributed by atoms with van der Waals surface area (Å²) in [5.74, 6) is 1.50. The van der Waals surface area contributed by atoms with E-state index in [1.54, 1.807) is 19.5 Å². The Morgan fingerprint density at radius 3 is 2.63 bits per heavy atom. The Balaban J connectivity index is 1.51. The van der Waals surface area contributed by atoms with Gasteiger partial charge in [0.05, 0.1) is 18.2 Å². The monoisotopic (exact) mass is 400 g/mol. The van der Waals surface area contributed by atoms with Crippen LogP contribution in [0.3, 0.4) is 0 Å². The highest BCUT2D eigenvalue weighted by molar-refractivity contribution is 5.86. The molecule has 3 heterocycles. The molecular weight excluding hydrogens is 380 g/mol. The molecule has 6 heteroatoms. The summed E-state index contributed by atoms with van der Waals surface area (Å²) in [6.07, 6.45) is 3.56. The molecule has 0 aliphatic carbocycles. The van der Waals surface area contributed by atoms with Crippen molar-refractivity contribution in [3.63, 3.8) is 0 Å². The van der Waals surface area contributed by atoms with Gasteiger partial charge in [-0.2, -0.15) is 0 Å². The van der Waals surface area contributed by atoms with Crippen LogP contribution in [0.2, 0.25) is 0 Å². The van der Waals surface area contributed by atoms with Gasteiger partial charge in [-0.05, 0) is 53.6 Å². The molecule has 0 unspecified atom stereocenters. The number of nitrogens with zero attached hydrogens (tertiary/aromatic N) is 2. The van der Waals surface area contributed by atoms with E-state index in [1.165, 1.54) is 0 Å². The molecule has 0 atom stereocenters. The lowest BCUT2D eigenvalue weighted by molar-refractivity contribution is 0.0889. The minimum atomic E-state index is -0.368. The SMILES string of the molecule is COc1ccc(-c2cc3ccc4c(c3oc2=O)CN(Cc2ccncc2)CO4)cc1. The molecule has 5 rings (SSSR count). The lowest BCUT2D eigenvalue weighted by Gasteiger charge is -2.29. The van der Waals surface area contributed by atoms with Crippen LogP contribution in [-0.2, 0) is 13.1 Å². The maximum Gasteiger partial charge on any atom is 0.344 e. The summed E-state index contributed by atoms with van der Waals surface area (Å²) in [6, 6.07) is 17.1. The molecule has 4 aromatic rings. The smallest absolute Gasteiger partial charge is 0.344 e. The first-order valence-corrected chi connectivity index (χ1v) is 9.69. The van der Waals surface area contributed by atoms with Crippen LogP contribution < -0.4 is 15.1 Å². The molecule has 0 saturated heterocycles. The number of hydrogen-bond acceptors (Lipinski definition) is 6. The van der Waals surface area contributed by atoms with E-state index in [0.717, 1.165) is 40.1 Å². The molecule has 1 aliphatic rings. The molecule has 2 aromatic heterocycles. The van der Waals surface area contributed by atoms with Gasteiger partial charge in [0.2, 0.25) is 0 Å². The molecule has 0 saturated carbocycles. The highest BCUT2D eigenvalue weighted by Crippen LogP contribution is 2.33. The molecule has 0 spiro atoms. The summed E-state index contributed by atoms with van der Waals surface area (Å²) in [4.78, 5) is 19.0. The number of rotatable bonds is 4. The minimum absolute atomic E-state index is 0.368. The zero-order chi connectivity index (χ0) is 20.5. The molecule has 0 radical (unpaired) electrons. The van der Waals surface area contributed by atoms with Gasteiger partial charge < -0.3 is 13.9 Å². The van der Waals surface area contributed by atoms with Crippen molar-refractivity contribution in [3.8, 4) is 22.6 Å². The van der Waals surface area contributed by atoms with E-state index >= 15 is 0 Å². The zero-order valence-electron chi connectivity index (χ0n) is 16.5. The van der Waals surface area contributed by atoms with Gasteiger partial charge in [-0.3, -0.25) is 9.88 Å². The Hall–Kier alpha value is -3.64. The fraction of sp³-hybridized carbons (Fsp3) is 0.167. The van der Waals surface area contributed by atoms with Crippen LogP contribution in [0.5, 0.6) is 11.5 Å². The highest BCUT2D eigenvalue weighted by atomic mass is 16.5. The molecule has 150 valence electrons. The van der Waals surface area contributed by atoms with Crippen molar-refractivity contribution in [3.05, 3.63) is 88.5 Å². The van der Waals surface area contributed by atoms with E-state index in [-0.39, 0.29) is 5.63 Å². The quantitative estimate of drug-likeness (QED) is 0.478. The minimum Gasteiger partial charge on any atom is -0.497 e. The van der Waals surface area contributed by atoms with E-state index in [4.69, 9.17) is 13.9 Å². The van der Waals surface area contributed by atoms with E-state index in [9.17, 15) is 4.79 Å². The number of methoxy groups -OCH3 is 1. The van der Waals surface area contributed by atoms with Gasteiger partial charge in [-0.15, -0.1) is 0 Å². The molecule has 30 heavy (non-hydrogen) atoms. The van der Waals surface area contributed by atoms with Crippen molar-refractivity contribution in [2.75, 3.05) is 13.8 Å². The number of benzene rings is 2. The molecule has 2 aromatic carbocycles. The summed E-state index contributed by atoms with van der Waals surface area (Å²) >= 11 is 0. The van der Waals surface area contributed by atoms with Gasteiger partial charge in [0.25, 0.3) is 0 Å². The van der Waals surface area contributed by atoms with Crippen molar-refractivity contribution in [1.29, 1.82) is 0 Å². The number of pyridine rings is 1. The second-order valence-electron chi connectivity index (χ2n) is 7.25. The first kappa shape index (κ1) is 18.4. The fourth-order valence-corrected chi connectivity index (χ4v) is 3.76. The predicted molar refractivity (Wildman–Crippen MR) is 113 cm³/mol. The van der Waals surface area contributed by atoms with Crippen molar-refractivity contribution < 1.29 is 13.9 Å².